The molecular formula is C20H16Cl2N2O3. The van der Waals surface area contributed by atoms with Gasteiger partial charge in [0.05, 0.1) is 23.6 Å². The summed E-state index contributed by atoms with van der Waals surface area (Å²) in [6.45, 7) is 0.929. The van der Waals surface area contributed by atoms with Crippen LogP contribution < -0.4 is 9.47 Å². The Balaban J connectivity index is 1.27. The van der Waals surface area contributed by atoms with Gasteiger partial charge in [-0.2, -0.15) is 0 Å². The number of halogens is 2. The average molecular weight is 403 g/mol. The normalized spacial score (nSPS) is 14.1. The molecule has 1 aliphatic rings. The zero-order valence-electron chi connectivity index (χ0n) is 14.3. The Morgan fingerprint density at radius 3 is 2.74 bits per heavy atom. The highest BCUT2D eigenvalue weighted by Gasteiger charge is 2.32. The van der Waals surface area contributed by atoms with Gasteiger partial charge in [0, 0.05) is 16.5 Å². The molecule has 0 atom stereocenters. The minimum absolute atomic E-state index is 0.0678. The van der Waals surface area contributed by atoms with E-state index < -0.39 is 0 Å². The molecule has 0 N–H and O–H groups in total. The monoisotopic (exact) mass is 402 g/mol. The van der Waals surface area contributed by atoms with Gasteiger partial charge >= 0.3 is 0 Å². The minimum atomic E-state index is -0.118. The second-order valence-corrected chi connectivity index (χ2v) is 7.09. The summed E-state index contributed by atoms with van der Waals surface area (Å²) in [6, 6.07) is 16.6. The molecule has 138 valence electrons. The molecule has 1 fully saturated rings. The van der Waals surface area contributed by atoms with Crippen molar-refractivity contribution >= 4 is 40.0 Å². The van der Waals surface area contributed by atoms with Crippen LogP contribution in [0.1, 0.15) is 0 Å². The first-order valence-electron chi connectivity index (χ1n) is 8.46. The molecule has 2 heterocycles. The molecule has 0 radical (unpaired) electrons. The van der Waals surface area contributed by atoms with Gasteiger partial charge in [-0.05, 0) is 30.3 Å². The smallest absolute Gasteiger partial charge is 0.260 e. The molecule has 1 amide bonds. The zero-order chi connectivity index (χ0) is 18.8. The summed E-state index contributed by atoms with van der Waals surface area (Å²) in [4.78, 5) is 18.4. The lowest BCUT2D eigenvalue weighted by Crippen LogP contribution is -2.57. The Kier molecular flexibility index (Phi) is 5.05. The molecule has 0 spiro atoms. The van der Waals surface area contributed by atoms with E-state index >= 15 is 0 Å². The number of pyridine rings is 1. The van der Waals surface area contributed by atoms with Crippen LogP contribution in [0.3, 0.4) is 0 Å². The number of rotatable bonds is 5. The Morgan fingerprint density at radius 1 is 1.11 bits per heavy atom. The van der Waals surface area contributed by atoms with Crippen molar-refractivity contribution in [3.8, 4) is 11.6 Å². The average Bonchev–Trinajstić information content (AvgIpc) is 2.63. The van der Waals surface area contributed by atoms with Crippen LogP contribution in [0.5, 0.6) is 11.6 Å². The lowest BCUT2D eigenvalue weighted by atomic mass is 10.1. The molecule has 0 unspecified atom stereocenters. The standard InChI is InChI=1S/C20H16Cl2N2O3/c21-14-6-7-18(16(22)9-14)26-12-20(25)24-10-15(11-24)27-19-8-5-13-3-1-2-4-17(13)23-19/h1-9,15H,10-12H2. The maximum absolute atomic E-state index is 12.2. The van der Waals surface area contributed by atoms with Crippen molar-refractivity contribution in [1.82, 2.24) is 9.88 Å². The summed E-state index contributed by atoms with van der Waals surface area (Å²) in [5, 5.41) is 1.96. The van der Waals surface area contributed by atoms with Crippen LogP contribution in [-0.4, -0.2) is 41.6 Å². The van der Waals surface area contributed by atoms with Crippen LogP contribution in [0, 0.1) is 0 Å². The van der Waals surface area contributed by atoms with Crippen molar-refractivity contribution < 1.29 is 14.3 Å². The van der Waals surface area contributed by atoms with Gasteiger partial charge in [0.1, 0.15) is 11.9 Å². The number of hydrogen-bond donors (Lipinski definition) is 0. The number of ether oxygens (including phenoxy) is 2. The molecule has 0 bridgehead atoms. The van der Waals surface area contributed by atoms with E-state index in [1.807, 2.05) is 36.4 Å². The van der Waals surface area contributed by atoms with E-state index in [1.165, 1.54) is 0 Å². The van der Waals surface area contributed by atoms with E-state index in [0.29, 0.717) is 34.8 Å². The molecule has 7 heteroatoms. The Morgan fingerprint density at radius 2 is 1.93 bits per heavy atom. The van der Waals surface area contributed by atoms with Crippen LogP contribution in [0.25, 0.3) is 10.9 Å². The maximum Gasteiger partial charge on any atom is 0.260 e. The third-order valence-electron chi connectivity index (χ3n) is 4.31. The van der Waals surface area contributed by atoms with E-state index in [9.17, 15) is 4.79 Å². The molecule has 0 saturated carbocycles. The molecule has 1 saturated heterocycles. The lowest BCUT2D eigenvalue weighted by Gasteiger charge is -2.38. The topological polar surface area (TPSA) is 51.7 Å². The van der Waals surface area contributed by atoms with Crippen molar-refractivity contribution in [2.75, 3.05) is 19.7 Å². The first-order valence-corrected chi connectivity index (χ1v) is 9.22. The number of aromatic nitrogens is 1. The third-order valence-corrected chi connectivity index (χ3v) is 4.84. The summed E-state index contributed by atoms with van der Waals surface area (Å²) in [5.74, 6) is 0.880. The second-order valence-electron chi connectivity index (χ2n) is 6.24. The van der Waals surface area contributed by atoms with Gasteiger partial charge in [-0.15, -0.1) is 0 Å². The van der Waals surface area contributed by atoms with E-state index in [4.69, 9.17) is 32.7 Å². The van der Waals surface area contributed by atoms with Crippen molar-refractivity contribution in [3.63, 3.8) is 0 Å². The van der Waals surface area contributed by atoms with Gasteiger partial charge in [0.2, 0.25) is 5.88 Å². The highest BCUT2D eigenvalue weighted by molar-refractivity contribution is 6.35. The summed E-state index contributed by atoms with van der Waals surface area (Å²) in [5.41, 5.74) is 0.885. The number of carbonyl (C=O) groups excluding carboxylic acids is 1. The first-order chi connectivity index (χ1) is 13.1. The van der Waals surface area contributed by atoms with Crippen LogP contribution in [0.4, 0.5) is 0 Å². The summed E-state index contributed by atoms with van der Waals surface area (Å²) in [6.07, 6.45) is -0.0678. The Labute approximate surface area is 166 Å². The second kappa shape index (κ2) is 7.62. The van der Waals surface area contributed by atoms with Gasteiger partial charge < -0.3 is 14.4 Å². The molecule has 0 aliphatic carbocycles. The van der Waals surface area contributed by atoms with Gasteiger partial charge in [-0.1, -0.05) is 41.4 Å². The van der Waals surface area contributed by atoms with Gasteiger partial charge in [-0.3, -0.25) is 4.79 Å². The van der Waals surface area contributed by atoms with E-state index in [-0.39, 0.29) is 18.6 Å². The fourth-order valence-electron chi connectivity index (χ4n) is 2.82. The number of benzene rings is 2. The first kappa shape index (κ1) is 17.9. The number of carbonyl (C=O) groups is 1. The number of fused-ring (bicyclic) bond motifs is 1. The van der Waals surface area contributed by atoms with Crippen molar-refractivity contribution in [2.45, 2.75) is 6.10 Å². The minimum Gasteiger partial charge on any atom is -0.482 e. The fourth-order valence-corrected chi connectivity index (χ4v) is 3.29. The molecule has 1 aliphatic heterocycles. The van der Waals surface area contributed by atoms with Crippen LogP contribution in [-0.2, 0) is 4.79 Å². The molecule has 27 heavy (non-hydrogen) atoms. The quantitative estimate of drug-likeness (QED) is 0.641. The highest BCUT2D eigenvalue weighted by atomic mass is 35.5. The van der Waals surface area contributed by atoms with Crippen LogP contribution in [0.15, 0.2) is 54.6 Å². The van der Waals surface area contributed by atoms with E-state index in [0.717, 1.165) is 10.9 Å². The SMILES string of the molecule is O=C(COc1ccc(Cl)cc1Cl)N1CC(Oc2ccc3ccccc3n2)C1. The molecule has 3 aromatic rings. The zero-order valence-corrected chi connectivity index (χ0v) is 15.8. The van der Waals surface area contributed by atoms with Gasteiger partial charge in [-0.25, -0.2) is 4.98 Å². The van der Waals surface area contributed by atoms with Crippen molar-refractivity contribution in [2.24, 2.45) is 0 Å². The Bertz CT molecular complexity index is 990. The highest BCUT2D eigenvalue weighted by Crippen LogP contribution is 2.27. The molecule has 1 aromatic heterocycles. The lowest BCUT2D eigenvalue weighted by molar-refractivity contribution is -0.142. The fraction of sp³-hybridized carbons (Fsp3) is 0.200. The third kappa shape index (κ3) is 4.10. The Hall–Kier alpha value is -2.50. The number of para-hydroxylation sites is 1. The molecule has 5 nitrogen and oxygen atoms in total. The van der Waals surface area contributed by atoms with E-state index in [2.05, 4.69) is 4.98 Å². The van der Waals surface area contributed by atoms with Gasteiger partial charge in [0.15, 0.2) is 6.61 Å². The maximum atomic E-state index is 12.2. The number of hydrogen-bond acceptors (Lipinski definition) is 4. The van der Waals surface area contributed by atoms with Crippen LogP contribution >= 0.6 is 23.2 Å². The van der Waals surface area contributed by atoms with Gasteiger partial charge in [0.25, 0.3) is 5.91 Å². The van der Waals surface area contributed by atoms with Crippen LogP contribution in [0.2, 0.25) is 10.0 Å². The number of amides is 1. The molecular weight excluding hydrogens is 387 g/mol. The largest absolute Gasteiger partial charge is 0.482 e. The van der Waals surface area contributed by atoms with E-state index in [1.54, 1.807) is 23.1 Å². The summed E-state index contributed by atoms with van der Waals surface area (Å²) in [7, 11) is 0. The van der Waals surface area contributed by atoms with Crippen molar-refractivity contribution in [1.29, 1.82) is 0 Å². The molecule has 2 aromatic carbocycles. The van der Waals surface area contributed by atoms with Crippen molar-refractivity contribution in [3.05, 3.63) is 64.6 Å². The molecule has 4 rings (SSSR count). The number of nitrogens with zero attached hydrogens (tertiary/aromatic N) is 2. The summed E-state index contributed by atoms with van der Waals surface area (Å²) < 4.78 is 11.3. The summed E-state index contributed by atoms with van der Waals surface area (Å²) >= 11 is 11.9. The predicted molar refractivity (Wildman–Crippen MR) is 105 cm³/mol. The number of likely N-dealkylation sites (tertiary alicyclic amines) is 1. The predicted octanol–water partition coefficient (Wildman–Crippen LogP) is 4.21.